The van der Waals surface area contributed by atoms with Crippen LogP contribution < -0.4 is 0 Å². The fraction of sp³-hybridized carbons (Fsp3) is 0.375. The molecule has 0 saturated carbocycles. The molecule has 1 heterocycles. The van der Waals surface area contributed by atoms with Crippen molar-refractivity contribution in [1.29, 1.82) is 0 Å². The lowest BCUT2D eigenvalue weighted by Gasteiger charge is -2.28. The summed E-state index contributed by atoms with van der Waals surface area (Å²) >= 11 is 0. The van der Waals surface area contributed by atoms with Crippen LogP contribution in [0.15, 0.2) is 30.3 Å². The lowest BCUT2D eigenvalue weighted by molar-refractivity contribution is -0.143. The van der Waals surface area contributed by atoms with Crippen LogP contribution in [0.4, 0.5) is 0 Å². The van der Waals surface area contributed by atoms with Crippen LogP contribution in [-0.4, -0.2) is 35.6 Å². The van der Waals surface area contributed by atoms with E-state index in [0.29, 0.717) is 0 Å². The van der Waals surface area contributed by atoms with E-state index in [1.54, 1.807) is 0 Å². The zero-order chi connectivity index (χ0) is 13.7. The summed E-state index contributed by atoms with van der Waals surface area (Å²) in [5, 5.41) is 8.93. The zero-order valence-electron chi connectivity index (χ0n) is 11.1. The first kappa shape index (κ1) is 13.8. The van der Waals surface area contributed by atoms with Crippen molar-refractivity contribution in [2.24, 2.45) is 5.92 Å². The molecule has 2 rings (SSSR count). The molecule has 1 aromatic carbocycles. The summed E-state index contributed by atoms with van der Waals surface area (Å²) in [7, 11) is 0. The highest BCUT2D eigenvalue weighted by Gasteiger charge is 2.23. The number of rotatable bonds is 4. The van der Waals surface area contributed by atoms with E-state index in [-0.39, 0.29) is 5.92 Å². The standard InChI is InChI=1S/C16H20NO2/c1-13-4-6-14(7-5-13)3-2-10-17-11-8-15(9-12-17)16(18)19/h2-7,15H,1,8-12H2,(H,18,19). The smallest absolute Gasteiger partial charge is 0.306 e. The third-order valence-electron chi connectivity index (χ3n) is 3.59. The minimum Gasteiger partial charge on any atom is -0.481 e. The molecule has 101 valence electrons. The van der Waals surface area contributed by atoms with E-state index < -0.39 is 5.97 Å². The predicted molar refractivity (Wildman–Crippen MR) is 76.7 cm³/mol. The van der Waals surface area contributed by atoms with Crippen molar-refractivity contribution in [3.8, 4) is 0 Å². The second kappa shape index (κ2) is 6.53. The van der Waals surface area contributed by atoms with Gasteiger partial charge in [-0.05, 0) is 44.0 Å². The van der Waals surface area contributed by atoms with Gasteiger partial charge in [-0.25, -0.2) is 0 Å². The number of carbonyl (C=O) groups is 1. The van der Waals surface area contributed by atoms with Crippen LogP contribution in [0.25, 0.3) is 6.08 Å². The first-order valence-electron chi connectivity index (χ1n) is 6.69. The van der Waals surface area contributed by atoms with Crippen molar-refractivity contribution in [1.82, 2.24) is 4.90 Å². The SMILES string of the molecule is [CH2]c1ccc(C=CCN2CCC(C(=O)O)CC2)cc1. The summed E-state index contributed by atoms with van der Waals surface area (Å²) in [5.41, 5.74) is 2.20. The van der Waals surface area contributed by atoms with Gasteiger partial charge in [0.05, 0.1) is 5.92 Å². The molecule has 0 aromatic heterocycles. The Morgan fingerprint density at radius 2 is 1.95 bits per heavy atom. The van der Waals surface area contributed by atoms with E-state index in [2.05, 4.69) is 36.1 Å². The third kappa shape index (κ3) is 4.21. The normalized spacial score (nSPS) is 17.9. The molecule has 0 aliphatic carbocycles. The van der Waals surface area contributed by atoms with E-state index in [4.69, 9.17) is 5.11 Å². The highest BCUT2D eigenvalue weighted by molar-refractivity contribution is 5.70. The Balaban J connectivity index is 1.77. The molecule has 1 fully saturated rings. The van der Waals surface area contributed by atoms with Gasteiger partial charge in [-0.2, -0.15) is 0 Å². The van der Waals surface area contributed by atoms with Crippen LogP contribution in [0.5, 0.6) is 0 Å². The van der Waals surface area contributed by atoms with Crippen molar-refractivity contribution in [3.05, 3.63) is 48.4 Å². The summed E-state index contributed by atoms with van der Waals surface area (Å²) in [6, 6.07) is 8.10. The van der Waals surface area contributed by atoms with E-state index in [0.717, 1.165) is 38.0 Å². The number of hydrogen-bond donors (Lipinski definition) is 1. The Hall–Kier alpha value is -1.61. The van der Waals surface area contributed by atoms with Crippen LogP contribution in [0, 0.1) is 12.8 Å². The number of likely N-dealkylation sites (tertiary alicyclic amines) is 1. The van der Waals surface area contributed by atoms with Gasteiger partial charge in [0.2, 0.25) is 0 Å². The first-order valence-corrected chi connectivity index (χ1v) is 6.69. The monoisotopic (exact) mass is 258 g/mol. The van der Waals surface area contributed by atoms with Gasteiger partial charge >= 0.3 is 5.97 Å². The summed E-state index contributed by atoms with van der Waals surface area (Å²) in [4.78, 5) is 13.1. The molecule has 1 saturated heterocycles. The quantitative estimate of drug-likeness (QED) is 0.902. The molecule has 0 atom stereocenters. The van der Waals surface area contributed by atoms with Crippen molar-refractivity contribution >= 4 is 12.0 Å². The van der Waals surface area contributed by atoms with Gasteiger partial charge in [-0.3, -0.25) is 9.69 Å². The lowest BCUT2D eigenvalue weighted by atomic mass is 9.97. The molecule has 3 heteroatoms. The largest absolute Gasteiger partial charge is 0.481 e. The Bertz CT molecular complexity index is 442. The summed E-state index contributed by atoms with van der Waals surface area (Å²) < 4.78 is 0. The molecular weight excluding hydrogens is 238 g/mol. The van der Waals surface area contributed by atoms with E-state index in [1.165, 1.54) is 5.56 Å². The van der Waals surface area contributed by atoms with E-state index >= 15 is 0 Å². The van der Waals surface area contributed by atoms with Crippen molar-refractivity contribution in [2.75, 3.05) is 19.6 Å². The molecular formula is C16H20NO2. The molecule has 0 amide bonds. The average Bonchev–Trinajstić information content (AvgIpc) is 2.41. The first-order chi connectivity index (χ1) is 9.15. The zero-order valence-corrected chi connectivity index (χ0v) is 11.1. The minimum absolute atomic E-state index is 0.148. The molecule has 1 aliphatic rings. The van der Waals surface area contributed by atoms with E-state index in [1.807, 2.05) is 12.1 Å². The van der Waals surface area contributed by atoms with Gasteiger partial charge in [-0.1, -0.05) is 36.4 Å². The number of hydrogen-bond acceptors (Lipinski definition) is 2. The summed E-state index contributed by atoms with van der Waals surface area (Å²) in [5.74, 6) is -0.798. The van der Waals surface area contributed by atoms with Gasteiger partial charge in [0.1, 0.15) is 0 Å². The molecule has 0 unspecified atom stereocenters. The number of aliphatic carboxylic acids is 1. The maximum Gasteiger partial charge on any atom is 0.306 e. The van der Waals surface area contributed by atoms with Crippen molar-refractivity contribution in [2.45, 2.75) is 12.8 Å². The Morgan fingerprint density at radius 1 is 1.32 bits per heavy atom. The molecule has 1 N–H and O–H groups in total. The maximum absolute atomic E-state index is 10.8. The van der Waals surface area contributed by atoms with Gasteiger partial charge in [0, 0.05) is 6.54 Å². The van der Waals surface area contributed by atoms with Crippen LogP contribution in [0.1, 0.15) is 24.0 Å². The predicted octanol–water partition coefficient (Wildman–Crippen LogP) is 2.68. The van der Waals surface area contributed by atoms with E-state index in [9.17, 15) is 4.79 Å². The lowest BCUT2D eigenvalue weighted by Crippen LogP contribution is -2.36. The number of nitrogens with zero attached hydrogens (tertiary/aromatic N) is 1. The number of benzene rings is 1. The fourth-order valence-corrected chi connectivity index (χ4v) is 2.33. The molecule has 1 radical (unpaired) electrons. The highest BCUT2D eigenvalue weighted by Crippen LogP contribution is 2.17. The minimum atomic E-state index is -0.650. The van der Waals surface area contributed by atoms with Gasteiger partial charge in [0.25, 0.3) is 0 Å². The number of carboxylic acids is 1. The molecule has 19 heavy (non-hydrogen) atoms. The number of piperidine rings is 1. The fourth-order valence-electron chi connectivity index (χ4n) is 2.33. The molecule has 1 aliphatic heterocycles. The second-order valence-corrected chi connectivity index (χ2v) is 5.06. The Morgan fingerprint density at radius 3 is 2.53 bits per heavy atom. The third-order valence-corrected chi connectivity index (χ3v) is 3.59. The van der Waals surface area contributed by atoms with Crippen LogP contribution in [-0.2, 0) is 4.79 Å². The van der Waals surface area contributed by atoms with Crippen molar-refractivity contribution in [3.63, 3.8) is 0 Å². The molecule has 3 nitrogen and oxygen atoms in total. The maximum atomic E-state index is 10.8. The topological polar surface area (TPSA) is 40.5 Å². The van der Waals surface area contributed by atoms with Crippen LogP contribution in [0.3, 0.4) is 0 Å². The van der Waals surface area contributed by atoms with Crippen LogP contribution >= 0.6 is 0 Å². The van der Waals surface area contributed by atoms with Gasteiger partial charge < -0.3 is 5.11 Å². The summed E-state index contributed by atoms with van der Waals surface area (Å²) in [6.45, 7) is 6.49. The van der Waals surface area contributed by atoms with Crippen molar-refractivity contribution < 1.29 is 9.90 Å². The van der Waals surface area contributed by atoms with Gasteiger partial charge in [0.15, 0.2) is 0 Å². The molecule has 1 aromatic rings. The second-order valence-electron chi connectivity index (χ2n) is 5.06. The Labute approximate surface area is 114 Å². The summed E-state index contributed by atoms with van der Waals surface area (Å²) in [6.07, 6.45) is 5.76. The Kier molecular flexibility index (Phi) is 4.74. The average molecular weight is 258 g/mol. The van der Waals surface area contributed by atoms with Crippen LogP contribution in [0.2, 0.25) is 0 Å². The highest BCUT2D eigenvalue weighted by atomic mass is 16.4. The molecule has 0 spiro atoms. The van der Waals surface area contributed by atoms with Gasteiger partial charge in [-0.15, -0.1) is 0 Å². The molecule has 0 bridgehead atoms. The number of carboxylic acid groups (broad SMARTS) is 1.